The Kier molecular flexibility index (Phi) is 5.72. The third-order valence-electron chi connectivity index (χ3n) is 6.78. The smallest absolute Gasteiger partial charge is 0.408 e. The Balaban J connectivity index is 1.46. The van der Waals surface area contributed by atoms with E-state index >= 15 is 0 Å². The highest BCUT2D eigenvalue weighted by Crippen LogP contribution is 2.35. The standard InChI is InChI=1S/C23H27F3N4O3/c1-32-16-4-2-15(3-5-16)8-10-29-19(23(24,25)26)9-11-30-21(31)12-20(27-22(29)30)28-13-17-6-7-18(14-28)33-17/h2-5,12,17-19H,6-11,13-14H2,1H3/t17?,18?,19-/m0/s1. The monoisotopic (exact) mass is 464 g/mol. The van der Waals surface area contributed by atoms with E-state index in [1.54, 1.807) is 19.2 Å². The lowest BCUT2D eigenvalue weighted by Gasteiger charge is -2.40. The van der Waals surface area contributed by atoms with E-state index in [1.165, 1.54) is 15.5 Å². The second-order valence-corrected chi connectivity index (χ2v) is 8.90. The van der Waals surface area contributed by atoms with Gasteiger partial charge in [0, 0.05) is 32.2 Å². The molecular formula is C23H27F3N4O3. The van der Waals surface area contributed by atoms with Crippen molar-refractivity contribution in [2.45, 2.75) is 56.7 Å². The molecule has 5 rings (SSSR count). The van der Waals surface area contributed by atoms with Crippen LogP contribution in [0.4, 0.5) is 24.9 Å². The quantitative estimate of drug-likeness (QED) is 0.678. The maximum Gasteiger partial charge on any atom is 0.408 e. The molecule has 2 bridgehead atoms. The molecule has 0 saturated carbocycles. The molecule has 0 spiro atoms. The lowest BCUT2D eigenvalue weighted by atomic mass is 10.1. The molecule has 10 heteroatoms. The molecule has 178 valence electrons. The zero-order valence-electron chi connectivity index (χ0n) is 18.4. The Hall–Kier alpha value is -2.75. The van der Waals surface area contributed by atoms with Gasteiger partial charge in [0.1, 0.15) is 17.6 Å². The third-order valence-corrected chi connectivity index (χ3v) is 6.78. The molecule has 33 heavy (non-hydrogen) atoms. The number of anilines is 2. The van der Waals surface area contributed by atoms with Gasteiger partial charge in [0.25, 0.3) is 5.56 Å². The average molecular weight is 464 g/mol. The summed E-state index contributed by atoms with van der Waals surface area (Å²) in [4.78, 5) is 20.8. The third kappa shape index (κ3) is 4.40. The summed E-state index contributed by atoms with van der Waals surface area (Å²) in [5, 5.41) is 0. The van der Waals surface area contributed by atoms with Gasteiger partial charge in [-0.3, -0.25) is 9.36 Å². The number of benzene rings is 1. The van der Waals surface area contributed by atoms with Crippen molar-refractivity contribution < 1.29 is 22.6 Å². The number of ether oxygens (including phenoxy) is 2. The molecule has 3 aliphatic heterocycles. The minimum absolute atomic E-state index is 0.000972. The Morgan fingerprint density at radius 3 is 2.45 bits per heavy atom. The predicted molar refractivity (Wildman–Crippen MR) is 117 cm³/mol. The topological polar surface area (TPSA) is 59.8 Å². The summed E-state index contributed by atoms with van der Waals surface area (Å²) >= 11 is 0. The number of fused-ring (bicyclic) bond motifs is 3. The summed E-state index contributed by atoms with van der Waals surface area (Å²) in [7, 11) is 1.56. The van der Waals surface area contributed by atoms with Crippen LogP contribution in [0.15, 0.2) is 35.1 Å². The van der Waals surface area contributed by atoms with Gasteiger partial charge in [0.15, 0.2) is 0 Å². The molecular weight excluding hydrogens is 437 g/mol. The van der Waals surface area contributed by atoms with Crippen molar-refractivity contribution in [3.05, 3.63) is 46.2 Å². The Labute approximate surface area is 189 Å². The number of methoxy groups -OCH3 is 1. The Morgan fingerprint density at radius 2 is 1.82 bits per heavy atom. The molecule has 2 unspecified atom stereocenters. The van der Waals surface area contributed by atoms with Crippen LogP contribution in [0.3, 0.4) is 0 Å². The average Bonchev–Trinajstić information content (AvgIpc) is 3.14. The van der Waals surface area contributed by atoms with Crippen LogP contribution in [0.25, 0.3) is 0 Å². The van der Waals surface area contributed by atoms with Gasteiger partial charge >= 0.3 is 6.18 Å². The summed E-state index contributed by atoms with van der Waals surface area (Å²) in [6.45, 7) is 1.29. The fourth-order valence-corrected chi connectivity index (χ4v) is 5.06. The van der Waals surface area contributed by atoms with E-state index in [4.69, 9.17) is 9.47 Å². The molecule has 2 aromatic rings. The number of aromatic nitrogens is 2. The van der Waals surface area contributed by atoms with Gasteiger partial charge in [0.2, 0.25) is 5.95 Å². The number of rotatable bonds is 5. The van der Waals surface area contributed by atoms with E-state index < -0.39 is 12.2 Å². The van der Waals surface area contributed by atoms with Crippen LogP contribution in [0.5, 0.6) is 5.75 Å². The molecule has 0 amide bonds. The zero-order valence-corrected chi connectivity index (χ0v) is 18.4. The maximum atomic E-state index is 14.0. The molecule has 7 nitrogen and oxygen atoms in total. The van der Waals surface area contributed by atoms with Gasteiger partial charge in [-0.15, -0.1) is 0 Å². The second kappa shape index (κ2) is 8.55. The van der Waals surface area contributed by atoms with E-state index in [9.17, 15) is 18.0 Å². The van der Waals surface area contributed by atoms with E-state index in [0.29, 0.717) is 31.1 Å². The van der Waals surface area contributed by atoms with Gasteiger partial charge < -0.3 is 19.3 Å². The maximum absolute atomic E-state index is 14.0. The Morgan fingerprint density at radius 1 is 1.12 bits per heavy atom. The fourth-order valence-electron chi connectivity index (χ4n) is 5.06. The summed E-state index contributed by atoms with van der Waals surface area (Å²) < 4.78 is 54.3. The van der Waals surface area contributed by atoms with Crippen molar-refractivity contribution >= 4 is 11.8 Å². The molecule has 2 fully saturated rings. The normalized spacial score (nSPS) is 24.7. The van der Waals surface area contributed by atoms with Gasteiger partial charge in [0.05, 0.1) is 19.3 Å². The number of halogens is 3. The number of hydrogen-bond acceptors (Lipinski definition) is 6. The largest absolute Gasteiger partial charge is 0.497 e. The number of morpholine rings is 1. The first-order valence-electron chi connectivity index (χ1n) is 11.3. The number of nitrogens with zero attached hydrogens (tertiary/aromatic N) is 4. The summed E-state index contributed by atoms with van der Waals surface area (Å²) in [5.74, 6) is 1.22. The van der Waals surface area contributed by atoms with Crippen molar-refractivity contribution in [3.8, 4) is 5.75 Å². The van der Waals surface area contributed by atoms with Gasteiger partial charge in [-0.1, -0.05) is 12.1 Å². The molecule has 1 aromatic heterocycles. The Bertz CT molecular complexity index is 1040. The van der Waals surface area contributed by atoms with E-state index in [2.05, 4.69) is 4.98 Å². The van der Waals surface area contributed by atoms with Crippen LogP contribution < -0.4 is 20.1 Å². The molecule has 0 N–H and O–H groups in total. The molecule has 3 aliphatic rings. The van der Waals surface area contributed by atoms with Crippen molar-refractivity contribution in [1.82, 2.24) is 9.55 Å². The lowest BCUT2D eigenvalue weighted by molar-refractivity contribution is -0.152. The van der Waals surface area contributed by atoms with Crippen LogP contribution >= 0.6 is 0 Å². The van der Waals surface area contributed by atoms with Crippen molar-refractivity contribution in [1.29, 1.82) is 0 Å². The van der Waals surface area contributed by atoms with Crippen LogP contribution in [-0.2, 0) is 17.7 Å². The number of hydrogen-bond donors (Lipinski definition) is 0. The van der Waals surface area contributed by atoms with Gasteiger partial charge in [-0.25, -0.2) is 0 Å². The first-order chi connectivity index (χ1) is 15.8. The van der Waals surface area contributed by atoms with Crippen molar-refractivity contribution in [3.63, 3.8) is 0 Å². The van der Waals surface area contributed by atoms with Crippen molar-refractivity contribution in [2.75, 3.05) is 36.5 Å². The SMILES string of the molecule is COc1ccc(CCN2c3nc(N4CC5CCC(C4)O5)cc(=O)n3CC[C@H]2C(F)(F)F)cc1. The lowest BCUT2D eigenvalue weighted by Crippen LogP contribution is -2.53. The second-order valence-electron chi connectivity index (χ2n) is 8.90. The first kappa shape index (κ1) is 22.1. The molecule has 4 heterocycles. The number of alkyl halides is 3. The van der Waals surface area contributed by atoms with Crippen LogP contribution in [-0.4, -0.2) is 60.7 Å². The summed E-state index contributed by atoms with van der Waals surface area (Å²) in [5.41, 5.74) is 0.570. The van der Waals surface area contributed by atoms with E-state index in [0.717, 1.165) is 18.4 Å². The van der Waals surface area contributed by atoms with E-state index in [-0.39, 0.29) is 43.2 Å². The summed E-state index contributed by atoms with van der Waals surface area (Å²) in [6.07, 6.45) is -2.14. The van der Waals surface area contributed by atoms with Gasteiger partial charge in [-0.2, -0.15) is 18.2 Å². The molecule has 3 atom stereocenters. The minimum Gasteiger partial charge on any atom is -0.497 e. The summed E-state index contributed by atoms with van der Waals surface area (Å²) in [6, 6.07) is 7.02. The highest BCUT2D eigenvalue weighted by atomic mass is 19.4. The first-order valence-corrected chi connectivity index (χ1v) is 11.3. The van der Waals surface area contributed by atoms with Crippen LogP contribution in [0.2, 0.25) is 0 Å². The minimum atomic E-state index is -4.42. The fraction of sp³-hybridized carbons (Fsp3) is 0.565. The van der Waals surface area contributed by atoms with Crippen molar-refractivity contribution in [2.24, 2.45) is 0 Å². The molecule has 0 radical (unpaired) electrons. The van der Waals surface area contributed by atoms with E-state index in [1.807, 2.05) is 17.0 Å². The highest BCUT2D eigenvalue weighted by molar-refractivity contribution is 5.47. The molecule has 0 aliphatic carbocycles. The zero-order chi connectivity index (χ0) is 23.2. The van der Waals surface area contributed by atoms with Gasteiger partial charge in [-0.05, 0) is 43.4 Å². The highest BCUT2D eigenvalue weighted by Gasteiger charge is 2.47. The molecule has 1 aromatic carbocycles. The van der Waals surface area contributed by atoms with Crippen LogP contribution in [0.1, 0.15) is 24.8 Å². The molecule has 2 saturated heterocycles. The predicted octanol–water partition coefficient (Wildman–Crippen LogP) is 3.00. The van der Waals surface area contributed by atoms with Crippen LogP contribution in [0, 0.1) is 0 Å².